The van der Waals surface area contributed by atoms with Crippen LogP contribution in [0.1, 0.15) is 13.8 Å². The molecule has 2 aromatic rings. The van der Waals surface area contributed by atoms with Crippen LogP contribution in [0.4, 0.5) is 4.79 Å². The molecule has 1 aromatic carbocycles. The molecule has 0 N–H and O–H groups in total. The second-order valence-electron chi connectivity index (χ2n) is 4.11. The lowest BCUT2D eigenvalue weighted by molar-refractivity contribution is 0.201. The number of carbonyl (C=O) groups is 1. The number of amides is 1. The number of nitrogens with zero attached hydrogens (tertiary/aromatic N) is 3. The first-order chi connectivity index (χ1) is 9.63. The van der Waals surface area contributed by atoms with Gasteiger partial charge in [-0.2, -0.15) is 9.78 Å². The highest BCUT2D eigenvalue weighted by atomic mass is 35.5. The van der Waals surface area contributed by atoms with E-state index in [-0.39, 0.29) is 6.03 Å². The first-order valence-electron chi connectivity index (χ1n) is 6.42. The monoisotopic (exact) mass is 309 g/mol. The van der Waals surface area contributed by atoms with E-state index in [1.807, 2.05) is 44.2 Å². The van der Waals surface area contributed by atoms with Gasteiger partial charge in [0.25, 0.3) is 0 Å². The minimum Gasteiger partial charge on any atom is -0.323 e. The molecule has 20 heavy (non-hydrogen) atoms. The third-order valence-corrected chi connectivity index (χ3v) is 4.02. The fourth-order valence-electron chi connectivity index (χ4n) is 1.73. The molecule has 0 saturated carbocycles. The maximum atomic E-state index is 12.1. The van der Waals surface area contributed by atoms with E-state index >= 15 is 0 Å². The standard InChI is InChI=1S/C14H16ClN3OS/c1-3-17(4-2)14(19)18-10-9-13(16-18)20-12-7-5-11(15)6-8-12/h5-10H,3-4H2,1-2H3. The van der Waals surface area contributed by atoms with Crippen molar-refractivity contribution in [3.8, 4) is 0 Å². The summed E-state index contributed by atoms with van der Waals surface area (Å²) >= 11 is 7.35. The Morgan fingerprint density at radius 2 is 1.90 bits per heavy atom. The molecule has 1 amide bonds. The third kappa shape index (κ3) is 3.55. The summed E-state index contributed by atoms with van der Waals surface area (Å²) in [6.45, 7) is 5.26. The predicted molar refractivity (Wildman–Crippen MR) is 81.5 cm³/mol. The van der Waals surface area contributed by atoms with Gasteiger partial charge in [0.1, 0.15) is 5.03 Å². The molecule has 0 spiro atoms. The van der Waals surface area contributed by atoms with Crippen LogP contribution < -0.4 is 0 Å². The SMILES string of the molecule is CCN(CC)C(=O)n1ccc(Sc2ccc(Cl)cc2)n1. The zero-order valence-electron chi connectivity index (χ0n) is 11.4. The number of halogens is 1. The summed E-state index contributed by atoms with van der Waals surface area (Å²) in [5, 5.41) is 5.79. The van der Waals surface area contributed by atoms with E-state index in [9.17, 15) is 4.79 Å². The Balaban J connectivity index is 2.09. The smallest absolute Gasteiger partial charge is 0.323 e. The number of carbonyl (C=O) groups excluding carboxylic acids is 1. The molecular weight excluding hydrogens is 294 g/mol. The van der Waals surface area contributed by atoms with Crippen LogP contribution in [0.2, 0.25) is 5.02 Å². The van der Waals surface area contributed by atoms with Gasteiger partial charge in [0, 0.05) is 29.2 Å². The molecule has 0 bridgehead atoms. The van der Waals surface area contributed by atoms with Gasteiger partial charge in [0.05, 0.1) is 0 Å². The molecule has 0 aliphatic rings. The average Bonchev–Trinajstić information content (AvgIpc) is 2.91. The second-order valence-corrected chi connectivity index (χ2v) is 5.64. The van der Waals surface area contributed by atoms with Crippen molar-refractivity contribution >= 4 is 29.4 Å². The molecule has 0 unspecified atom stereocenters. The van der Waals surface area contributed by atoms with E-state index in [2.05, 4.69) is 5.10 Å². The van der Waals surface area contributed by atoms with Gasteiger partial charge in [-0.05, 0) is 44.2 Å². The van der Waals surface area contributed by atoms with E-state index in [1.54, 1.807) is 11.1 Å². The summed E-state index contributed by atoms with van der Waals surface area (Å²) in [6, 6.07) is 9.26. The Kier molecular flexibility index (Phi) is 5.09. The van der Waals surface area contributed by atoms with Crippen molar-refractivity contribution in [2.75, 3.05) is 13.1 Å². The van der Waals surface area contributed by atoms with Gasteiger partial charge in [-0.3, -0.25) is 0 Å². The average molecular weight is 310 g/mol. The van der Waals surface area contributed by atoms with Gasteiger partial charge in [0.2, 0.25) is 0 Å². The second kappa shape index (κ2) is 6.81. The summed E-state index contributed by atoms with van der Waals surface area (Å²) in [7, 11) is 0. The van der Waals surface area contributed by atoms with Crippen LogP contribution in [-0.2, 0) is 0 Å². The molecule has 2 rings (SSSR count). The molecule has 106 valence electrons. The van der Waals surface area contributed by atoms with E-state index in [0.29, 0.717) is 18.1 Å². The Labute approximate surface area is 127 Å². The van der Waals surface area contributed by atoms with Gasteiger partial charge in [-0.25, -0.2) is 4.79 Å². The van der Waals surface area contributed by atoms with Crippen LogP contribution in [-0.4, -0.2) is 33.8 Å². The molecule has 0 radical (unpaired) electrons. The van der Waals surface area contributed by atoms with Crippen molar-refractivity contribution in [2.24, 2.45) is 0 Å². The highest BCUT2D eigenvalue weighted by Gasteiger charge is 2.13. The molecule has 4 nitrogen and oxygen atoms in total. The van der Waals surface area contributed by atoms with Crippen molar-refractivity contribution < 1.29 is 4.79 Å². The topological polar surface area (TPSA) is 38.1 Å². The predicted octanol–water partition coefficient (Wildman–Crippen LogP) is 4.00. The number of hydrogen-bond acceptors (Lipinski definition) is 3. The van der Waals surface area contributed by atoms with Gasteiger partial charge < -0.3 is 4.90 Å². The molecule has 0 fully saturated rings. The Morgan fingerprint density at radius 3 is 2.50 bits per heavy atom. The summed E-state index contributed by atoms with van der Waals surface area (Å²) in [6.07, 6.45) is 1.69. The maximum Gasteiger partial charge on any atom is 0.344 e. The Hall–Kier alpha value is -1.46. The van der Waals surface area contributed by atoms with E-state index in [0.717, 1.165) is 9.92 Å². The first-order valence-corrected chi connectivity index (χ1v) is 7.61. The van der Waals surface area contributed by atoms with Crippen molar-refractivity contribution in [3.05, 3.63) is 41.6 Å². The minimum atomic E-state index is -0.0991. The van der Waals surface area contributed by atoms with E-state index < -0.39 is 0 Å². The fourth-order valence-corrected chi connectivity index (χ4v) is 2.63. The number of aromatic nitrogens is 2. The van der Waals surface area contributed by atoms with Gasteiger partial charge in [0.15, 0.2) is 0 Å². The first kappa shape index (κ1) is 14.9. The zero-order chi connectivity index (χ0) is 14.5. The molecule has 0 aliphatic carbocycles. The highest BCUT2D eigenvalue weighted by molar-refractivity contribution is 7.99. The van der Waals surface area contributed by atoms with Crippen LogP contribution in [0.25, 0.3) is 0 Å². The Bertz CT molecular complexity index is 578. The normalized spacial score (nSPS) is 10.6. The largest absolute Gasteiger partial charge is 0.344 e. The highest BCUT2D eigenvalue weighted by Crippen LogP contribution is 2.27. The molecular formula is C14H16ClN3OS. The van der Waals surface area contributed by atoms with Crippen molar-refractivity contribution in [3.63, 3.8) is 0 Å². The zero-order valence-corrected chi connectivity index (χ0v) is 13.0. The summed E-state index contributed by atoms with van der Waals surface area (Å²) in [4.78, 5) is 14.9. The van der Waals surface area contributed by atoms with Crippen LogP contribution in [0, 0.1) is 0 Å². The molecule has 0 saturated heterocycles. The van der Waals surface area contributed by atoms with E-state index in [1.165, 1.54) is 16.4 Å². The van der Waals surface area contributed by atoms with Crippen molar-refractivity contribution in [2.45, 2.75) is 23.8 Å². The van der Waals surface area contributed by atoms with Gasteiger partial charge in [-0.15, -0.1) is 0 Å². The number of rotatable bonds is 4. The molecule has 6 heteroatoms. The summed E-state index contributed by atoms with van der Waals surface area (Å²) in [5.74, 6) is 0. The Morgan fingerprint density at radius 1 is 1.25 bits per heavy atom. The lowest BCUT2D eigenvalue weighted by Crippen LogP contribution is -2.34. The quantitative estimate of drug-likeness (QED) is 0.857. The molecule has 0 atom stereocenters. The van der Waals surface area contributed by atoms with Crippen LogP contribution in [0.3, 0.4) is 0 Å². The van der Waals surface area contributed by atoms with E-state index in [4.69, 9.17) is 11.6 Å². The molecule has 1 aromatic heterocycles. The number of benzene rings is 1. The summed E-state index contributed by atoms with van der Waals surface area (Å²) < 4.78 is 1.38. The minimum absolute atomic E-state index is 0.0991. The van der Waals surface area contributed by atoms with Gasteiger partial charge in [-0.1, -0.05) is 23.4 Å². The van der Waals surface area contributed by atoms with Crippen LogP contribution >= 0.6 is 23.4 Å². The molecule has 0 aliphatic heterocycles. The number of hydrogen-bond donors (Lipinski definition) is 0. The van der Waals surface area contributed by atoms with Crippen LogP contribution in [0.15, 0.2) is 46.5 Å². The van der Waals surface area contributed by atoms with Crippen molar-refractivity contribution in [1.29, 1.82) is 0 Å². The lowest BCUT2D eigenvalue weighted by atomic mass is 10.4. The maximum absolute atomic E-state index is 12.1. The fraction of sp³-hybridized carbons (Fsp3) is 0.286. The third-order valence-electron chi connectivity index (χ3n) is 2.83. The van der Waals surface area contributed by atoms with Crippen molar-refractivity contribution in [1.82, 2.24) is 14.7 Å². The summed E-state index contributed by atoms with van der Waals surface area (Å²) in [5.41, 5.74) is 0. The molecule has 1 heterocycles. The van der Waals surface area contributed by atoms with Gasteiger partial charge >= 0.3 is 6.03 Å². The van der Waals surface area contributed by atoms with Crippen LogP contribution in [0.5, 0.6) is 0 Å². The lowest BCUT2D eigenvalue weighted by Gasteiger charge is -2.17.